The van der Waals surface area contributed by atoms with Gasteiger partial charge in [0.1, 0.15) is 12.1 Å². The quantitative estimate of drug-likeness (QED) is 0.792. The molecule has 2 unspecified atom stereocenters. The normalized spacial score (nSPS) is 25.0. The molecule has 29 heavy (non-hydrogen) atoms. The first kappa shape index (κ1) is 17.9. The fourth-order valence-electron chi connectivity index (χ4n) is 5.02. The van der Waals surface area contributed by atoms with Crippen LogP contribution < -0.4 is 10.6 Å². The number of carbonyl (C=O) groups excluding carboxylic acids is 3. The third-order valence-corrected chi connectivity index (χ3v) is 6.43. The van der Waals surface area contributed by atoms with Crippen molar-refractivity contribution in [1.29, 1.82) is 0 Å². The molecule has 2 aromatic rings. The second-order valence-electron chi connectivity index (χ2n) is 8.10. The molecule has 2 atom stereocenters. The van der Waals surface area contributed by atoms with Gasteiger partial charge in [-0.15, -0.1) is 0 Å². The minimum atomic E-state index is -1.02. The molecule has 0 radical (unpaired) electrons. The van der Waals surface area contributed by atoms with E-state index >= 15 is 0 Å². The van der Waals surface area contributed by atoms with E-state index in [0.29, 0.717) is 6.42 Å². The molecule has 0 bridgehead atoms. The Bertz CT molecular complexity index is 1020. The number of nitrogens with one attached hydrogen (secondary N) is 2. The van der Waals surface area contributed by atoms with Crippen molar-refractivity contribution in [3.05, 3.63) is 70.8 Å². The Kier molecular flexibility index (Phi) is 4.15. The summed E-state index contributed by atoms with van der Waals surface area (Å²) in [6, 6.07) is 15.2. The van der Waals surface area contributed by atoms with Gasteiger partial charge in [-0.2, -0.15) is 0 Å². The molecular formula is C23H23N3O3. The molecule has 2 aliphatic carbocycles. The van der Waals surface area contributed by atoms with Gasteiger partial charge in [-0.3, -0.25) is 14.5 Å². The van der Waals surface area contributed by atoms with Crippen molar-refractivity contribution >= 4 is 17.8 Å². The van der Waals surface area contributed by atoms with Crippen LogP contribution in [0.25, 0.3) is 0 Å². The number of nitrogens with zero attached hydrogens (tertiary/aromatic N) is 1. The molecule has 1 spiro atoms. The standard InChI is InChI=1S/C23H23N3O3/c27-20(24-19-11-5-8-15-6-1-3-9-17(15)19)14-26-21(28)23(25-22(26)29)13-12-16-7-2-4-10-18(16)23/h1-4,6-7,9-10,19H,5,8,11-14H2,(H,24,27)(H,25,29). The molecular weight excluding hydrogens is 366 g/mol. The second-order valence-corrected chi connectivity index (χ2v) is 8.10. The molecule has 1 fully saturated rings. The van der Waals surface area contributed by atoms with E-state index in [-0.39, 0.29) is 24.4 Å². The lowest BCUT2D eigenvalue weighted by Gasteiger charge is -2.27. The number of hydrogen-bond acceptors (Lipinski definition) is 3. The Balaban J connectivity index is 1.32. The maximum absolute atomic E-state index is 13.2. The van der Waals surface area contributed by atoms with Crippen LogP contribution in [0.2, 0.25) is 0 Å². The second kappa shape index (κ2) is 6.72. The lowest BCUT2D eigenvalue weighted by molar-refractivity contribution is -0.135. The van der Waals surface area contributed by atoms with E-state index in [2.05, 4.69) is 16.7 Å². The Morgan fingerprint density at radius 3 is 2.69 bits per heavy atom. The summed E-state index contributed by atoms with van der Waals surface area (Å²) in [7, 11) is 0. The fraction of sp³-hybridized carbons (Fsp3) is 0.348. The van der Waals surface area contributed by atoms with Gasteiger partial charge in [0, 0.05) is 0 Å². The number of imide groups is 1. The highest BCUT2D eigenvalue weighted by molar-refractivity contribution is 6.09. The van der Waals surface area contributed by atoms with E-state index in [4.69, 9.17) is 0 Å². The predicted octanol–water partition coefficient (Wildman–Crippen LogP) is 2.57. The summed E-state index contributed by atoms with van der Waals surface area (Å²) >= 11 is 0. The van der Waals surface area contributed by atoms with E-state index in [1.54, 1.807) is 0 Å². The number of benzene rings is 2. The summed E-state index contributed by atoms with van der Waals surface area (Å²) in [5, 5.41) is 5.90. The van der Waals surface area contributed by atoms with Crippen molar-refractivity contribution in [2.75, 3.05) is 6.54 Å². The highest BCUT2D eigenvalue weighted by atomic mass is 16.2. The van der Waals surface area contributed by atoms with Crippen LogP contribution >= 0.6 is 0 Å². The van der Waals surface area contributed by atoms with E-state index in [1.165, 1.54) is 5.56 Å². The molecule has 1 aliphatic heterocycles. The SMILES string of the molecule is O=C(CN1C(=O)NC2(CCc3ccccc32)C1=O)NC1CCCc2ccccc21. The van der Waals surface area contributed by atoms with Gasteiger partial charge >= 0.3 is 6.03 Å². The summed E-state index contributed by atoms with van der Waals surface area (Å²) in [6.07, 6.45) is 4.15. The fourth-order valence-corrected chi connectivity index (χ4v) is 5.02. The average Bonchev–Trinajstić information content (AvgIpc) is 3.22. The molecule has 1 saturated heterocycles. The van der Waals surface area contributed by atoms with Crippen molar-refractivity contribution in [3.63, 3.8) is 0 Å². The van der Waals surface area contributed by atoms with E-state index in [0.717, 1.165) is 47.3 Å². The van der Waals surface area contributed by atoms with Crippen LogP contribution in [0.15, 0.2) is 48.5 Å². The molecule has 0 aromatic heterocycles. The summed E-state index contributed by atoms with van der Waals surface area (Å²) in [5.41, 5.74) is 3.28. The summed E-state index contributed by atoms with van der Waals surface area (Å²) in [5.74, 6) is -0.634. The van der Waals surface area contributed by atoms with Crippen LogP contribution in [0.3, 0.4) is 0 Å². The third kappa shape index (κ3) is 2.82. The van der Waals surface area contributed by atoms with E-state index in [9.17, 15) is 14.4 Å². The highest BCUT2D eigenvalue weighted by Gasteiger charge is 2.55. The molecule has 0 saturated carbocycles. The molecule has 6 heteroatoms. The molecule has 5 rings (SSSR count). The number of fused-ring (bicyclic) bond motifs is 3. The maximum atomic E-state index is 13.2. The van der Waals surface area contributed by atoms with Crippen LogP contribution in [0.4, 0.5) is 4.79 Å². The van der Waals surface area contributed by atoms with Crippen LogP contribution in [-0.2, 0) is 28.0 Å². The number of amides is 4. The van der Waals surface area contributed by atoms with Crippen molar-refractivity contribution in [2.24, 2.45) is 0 Å². The average molecular weight is 389 g/mol. The predicted molar refractivity (Wildman–Crippen MR) is 107 cm³/mol. The largest absolute Gasteiger partial charge is 0.348 e. The molecule has 3 aliphatic rings. The van der Waals surface area contributed by atoms with Crippen LogP contribution in [0.1, 0.15) is 47.6 Å². The molecule has 4 amide bonds. The minimum absolute atomic E-state index is 0.0746. The van der Waals surface area contributed by atoms with E-state index in [1.807, 2.05) is 42.5 Å². The van der Waals surface area contributed by atoms with Crippen LogP contribution in [0.5, 0.6) is 0 Å². The number of hydrogen-bond donors (Lipinski definition) is 2. The lowest BCUT2D eigenvalue weighted by atomic mass is 9.88. The zero-order valence-corrected chi connectivity index (χ0v) is 16.1. The van der Waals surface area contributed by atoms with Gasteiger partial charge < -0.3 is 10.6 Å². The smallest absolute Gasteiger partial charge is 0.325 e. The van der Waals surface area contributed by atoms with Gasteiger partial charge in [-0.05, 0) is 54.4 Å². The topological polar surface area (TPSA) is 78.5 Å². The number of carbonyl (C=O) groups is 3. The van der Waals surface area contributed by atoms with E-state index < -0.39 is 11.6 Å². The Morgan fingerprint density at radius 1 is 1.07 bits per heavy atom. The van der Waals surface area contributed by atoms with Crippen molar-refractivity contribution in [2.45, 2.75) is 43.7 Å². The zero-order valence-electron chi connectivity index (χ0n) is 16.1. The Hall–Kier alpha value is -3.15. The van der Waals surface area contributed by atoms with Crippen LogP contribution in [0, 0.1) is 0 Å². The van der Waals surface area contributed by atoms with Crippen molar-refractivity contribution < 1.29 is 14.4 Å². The number of urea groups is 1. The minimum Gasteiger partial charge on any atom is -0.348 e. The number of aryl methyl sites for hydroxylation is 2. The Morgan fingerprint density at radius 2 is 1.83 bits per heavy atom. The highest BCUT2D eigenvalue weighted by Crippen LogP contribution is 2.41. The third-order valence-electron chi connectivity index (χ3n) is 6.43. The van der Waals surface area contributed by atoms with Gasteiger partial charge in [-0.25, -0.2) is 4.79 Å². The molecule has 6 nitrogen and oxygen atoms in total. The van der Waals surface area contributed by atoms with Gasteiger partial charge in [0.05, 0.1) is 6.04 Å². The lowest BCUT2D eigenvalue weighted by Crippen LogP contribution is -2.44. The van der Waals surface area contributed by atoms with Crippen molar-refractivity contribution in [3.8, 4) is 0 Å². The first-order chi connectivity index (χ1) is 14.1. The van der Waals surface area contributed by atoms with Gasteiger partial charge in [0.15, 0.2) is 0 Å². The van der Waals surface area contributed by atoms with Crippen LogP contribution in [-0.4, -0.2) is 29.3 Å². The molecule has 2 aromatic carbocycles. The summed E-state index contributed by atoms with van der Waals surface area (Å²) in [4.78, 5) is 39.6. The van der Waals surface area contributed by atoms with Gasteiger partial charge in [0.25, 0.3) is 5.91 Å². The molecule has 2 N–H and O–H groups in total. The summed E-state index contributed by atoms with van der Waals surface area (Å²) < 4.78 is 0. The summed E-state index contributed by atoms with van der Waals surface area (Å²) in [6.45, 7) is -0.257. The maximum Gasteiger partial charge on any atom is 0.325 e. The van der Waals surface area contributed by atoms with Gasteiger partial charge in [-0.1, -0.05) is 48.5 Å². The molecule has 1 heterocycles. The van der Waals surface area contributed by atoms with Crippen molar-refractivity contribution in [1.82, 2.24) is 15.5 Å². The first-order valence-corrected chi connectivity index (χ1v) is 10.2. The monoisotopic (exact) mass is 389 g/mol. The first-order valence-electron chi connectivity index (χ1n) is 10.2. The molecule has 148 valence electrons. The Labute approximate surface area is 169 Å². The van der Waals surface area contributed by atoms with Gasteiger partial charge in [0.2, 0.25) is 5.91 Å². The zero-order chi connectivity index (χ0) is 20.0. The number of rotatable bonds is 3.